The Hall–Kier alpha value is -2.39. The molecule has 2 heterocycles. The second-order valence-electron chi connectivity index (χ2n) is 3.82. The van der Waals surface area contributed by atoms with E-state index in [9.17, 15) is 9.90 Å². The molecule has 2 N–H and O–H groups in total. The number of carbonyl (C=O) groups is 1. The van der Waals surface area contributed by atoms with Gasteiger partial charge in [0.05, 0.1) is 6.20 Å². The topological polar surface area (TPSA) is 119 Å². The van der Waals surface area contributed by atoms with Crippen molar-refractivity contribution in [3.8, 4) is 5.88 Å². The Labute approximate surface area is 114 Å². The van der Waals surface area contributed by atoms with Crippen molar-refractivity contribution in [3.05, 3.63) is 11.9 Å². The zero-order valence-corrected chi connectivity index (χ0v) is 11.1. The Morgan fingerprint density at radius 1 is 1.30 bits per heavy atom. The molecule has 0 saturated carbocycles. The monoisotopic (exact) mass is 279 g/mol. The summed E-state index contributed by atoms with van der Waals surface area (Å²) in [5, 5.41) is 12.2. The fraction of sp³-hybridized carbons (Fsp3) is 0.364. The quantitative estimate of drug-likeness (QED) is 0.770. The third-order valence-corrected chi connectivity index (χ3v) is 2.36. The van der Waals surface area contributed by atoms with E-state index in [1.807, 2.05) is 0 Å². The van der Waals surface area contributed by atoms with E-state index in [-0.39, 0.29) is 28.9 Å². The van der Waals surface area contributed by atoms with Crippen LogP contribution in [0.5, 0.6) is 5.88 Å². The lowest BCUT2D eigenvalue weighted by molar-refractivity contribution is -0.114. The Morgan fingerprint density at radius 3 is 2.60 bits per heavy atom. The fourth-order valence-electron chi connectivity index (χ4n) is 1.57. The van der Waals surface area contributed by atoms with Gasteiger partial charge >= 0.3 is 0 Å². The standard InChI is InChI=1S/C11H13N5O4/c1-5(17)13-11-15-8-7(9(18)16-11)14-6(4-12-8)10(19-2)20-3/h4,10H,1-3H3,(H2,12,13,15,16,17,18). The molecule has 0 atom stereocenters. The summed E-state index contributed by atoms with van der Waals surface area (Å²) in [7, 11) is 2.91. The minimum absolute atomic E-state index is 0.0421. The summed E-state index contributed by atoms with van der Waals surface area (Å²) in [4.78, 5) is 26.8. The number of aromatic nitrogens is 4. The normalized spacial score (nSPS) is 11.0. The van der Waals surface area contributed by atoms with Crippen LogP contribution in [0.25, 0.3) is 11.2 Å². The molecule has 0 fully saturated rings. The summed E-state index contributed by atoms with van der Waals surface area (Å²) in [6.45, 7) is 1.31. The van der Waals surface area contributed by atoms with Gasteiger partial charge in [-0.2, -0.15) is 9.97 Å². The highest BCUT2D eigenvalue weighted by Gasteiger charge is 2.16. The van der Waals surface area contributed by atoms with E-state index >= 15 is 0 Å². The van der Waals surface area contributed by atoms with E-state index in [2.05, 4.69) is 25.3 Å². The summed E-state index contributed by atoms with van der Waals surface area (Å²) < 4.78 is 10.1. The van der Waals surface area contributed by atoms with Crippen LogP contribution in [0.1, 0.15) is 18.9 Å². The van der Waals surface area contributed by atoms with Crippen LogP contribution in [0.4, 0.5) is 5.95 Å². The number of methoxy groups -OCH3 is 2. The number of hydrogen-bond donors (Lipinski definition) is 2. The van der Waals surface area contributed by atoms with Gasteiger partial charge in [0.2, 0.25) is 24.0 Å². The van der Waals surface area contributed by atoms with Gasteiger partial charge in [-0.25, -0.2) is 9.97 Å². The first-order valence-corrected chi connectivity index (χ1v) is 5.62. The largest absolute Gasteiger partial charge is 0.492 e. The molecule has 2 aromatic rings. The number of fused-ring (bicyclic) bond motifs is 1. The Kier molecular flexibility index (Phi) is 4.01. The smallest absolute Gasteiger partial charge is 0.244 e. The Balaban J connectivity index is 2.48. The predicted octanol–water partition coefficient (Wildman–Crippen LogP) is 0.375. The minimum atomic E-state index is -0.707. The van der Waals surface area contributed by atoms with Gasteiger partial charge in [-0.05, 0) is 0 Å². The van der Waals surface area contributed by atoms with E-state index in [0.29, 0.717) is 5.69 Å². The average molecular weight is 279 g/mol. The molecule has 0 spiro atoms. The zero-order valence-electron chi connectivity index (χ0n) is 11.1. The molecule has 20 heavy (non-hydrogen) atoms. The van der Waals surface area contributed by atoms with Gasteiger partial charge in [-0.1, -0.05) is 0 Å². The lowest BCUT2D eigenvalue weighted by atomic mass is 10.4. The average Bonchev–Trinajstić information content (AvgIpc) is 2.40. The van der Waals surface area contributed by atoms with Crippen molar-refractivity contribution >= 4 is 23.0 Å². The molecule has 0 aliphatic rings. The number of nitrogens with one attached hydrogen (secondary N) is 1. The highest BCUT2D eigenvalue weighted by Crippen LogP contribution is 2.22. The van der Waals surface area contributed by atoms with Crippen molar-refractivity contribution in [2.24, 2.45) is 0 Å². The summed E-state index contributed by atoms with van der Waals surface area (Å²) >= 11 is 0. The zero-order chi connectivity index (χ0) is 14.7. The predicted molar refractivity (Wildman–Crippen MR) is 67.9 cm³/mol. The molecule has 2 aromatic heterocycles. The van der Waals surface area contributed by atoms with Crippen LogP contribution in [0.3, 0.4) is 0 Å². The number of amides is 1. The van der Waals surface area contributed by atoms with Crippen molar-refractivity contribution in [2.75, 3.05) is 19.5 Å². The molecule has 106 valence electrons. The molecule has 0 unspecified atom stereocenters. The lowest BCUT2D eigenvalue weighted by Crippen LogP contribution is -2.11. The minimum Gasteiger partial charge on any atom is -0.492 e. The third-order valence-electron chi connectivity index (χ3n) is 2.36. The number of anilines is 1. The molecule has 0 aliphatic carbocycles. The first-order valence-electron chi connectivity index (χ1n) is 5.62. The highest BCUT2D eigenvalue weighted by atomic mass is 16.7. The van der Waals surface area contributed by atoms with E-state index in [1.54, 1.807) is 0 Å². The van der Waals surface area contributed by atoms with Crippen molar-refractivity contribution in [3.63, 3.8) is 0 Å². The maximum atomic E-state index is 10.9. The number of nitrogens with zero attached hydrogens (tertiary/aromatic N) is 4. The maximum absolute atomic E-state index is 10.9. The SMILES string of the molecule is COC(OC)c1cnc2nc(NC(C)=O)nc(O)c2n1. The lowest BCUT2D eigenvalue weighted by Gasteiger charge is -2.12. The van der Waals surface area contributed by atoms with Crippen LogP contribution in [0, 0.1) is 0 Å². The van der Waals surface area contributed by atoms with Crippen LogP contribution >= 0.6 is 0 Å². The number of ether oxygens (including phenoxy) is 2. The van der Waals surface area contributed by atoms with E-state index < -0.39 is 6.29 Å². The van der Waals surface area contributed by atoms with Crippen LogP contribution < -0.4 is 5.32 Å². The van der Waals surface area contributed by atoms with E-state index in [4.69, 9.17) is 9.47 Å². The van der Waals surface area contributed by atoms with Crippen LogP contribution in [0.15, 0.2) is 6.20 Å². The van der Waals surface area contributed by atoms with Gasteiger partial charge in [-0.15, -0.1) is 0 Å². The third kappa shape index (κ3) is 2.78. The van der Waals surface area contributed by atoms with E-state index in [1.165, 1.54) is 27.3 Å². The van der Waals surface area contributed by atoms with Crippen molar-refractivity contribution in [1.82, 2.24) is 19.9 Å². The number of carbonyl (C=O) groups excluding carboxylic acids is 1. The molecule has 9 heteroatoms. The van der Waals surface area contributed by atoms with Crippen LogP contribution in [0.2, 0.25) is 0 Å². The van der Waals surface area contributed by atoms with Gasteiger partial charge in [-0.3, -0.25) is 10.1 Å². The van der Waals surface area contributed by atoms with Gasteiger partial charge in [0.25, 0.3) is 0 Å². The molecule has 0 radical (unpaired) electrons. The molecule has 9 nitrogen and oxygen atoms in total. The van der Waals surface area contributed by atoms with Gasteiger partial charge in [0, 0.05) is 21.1 Å². The second-order valence-corrected chi connectivity index (χ2v) is 3.82. The Morgan fingerprint density at radius 2 is 2.00 bits per heavy atom. The van der Waals surface area contributed by atoms with Gasteiger partial charge in [0.15, 0.2) is 11.2 Å². The number of aromatic hydroxyl groups is 1. The number of hydrogen-bond acceptors (Lipinski definition) is 8. The van der Waals surface area contributed by atoms with E-state index in [0.717, 1.165) is 0 Å². The summed E-state index contributed by atoms with van der Waals surface area (Å²) in [5.74, 6) is -0.786. The molecule has 0 aliphatic heterocycles. The first-order chi connectivity index (χ1) is 9.55. The molecule has 1 amide bonds. The van der Waals surface area contributed by atoms with Crippen LogP contribution in [-0.2, 0) is 14.3 Å². The second kappa shape index (κ2) is 5.72. The van der Waals surface area contributed by atoms with Crippen LogP contribution in [-0.4, -0.2) is 45.2 Å². The molecular formula is C11H13N5O4. The molecular weight excluding hydrogens is 266 g/mol. The van der Waals surface area contributed by atoms with Crippen molar-refractivity contribution in [1.29, 1.82) is 0 Å². The first kappa shape index (κ1) is 14.0. The van der Waals surface area contributed by atoms with Crippen molar-refractivity contribution in [2.45, 2.75) is 13.2 Å². The molecule has 0 saturated heterocycles. The van der Waals surface area contributed by atoms with Crippen molar-refractivity contribution < 1.29 is 19.4 Å². The molecule has 0 aromatic carbocycles. The molecule has 0 bridgehead atoms. The number of rotatable bonds is 4. The summed E-state index contributed by atoms with van der Waals surface area (Å²) in [5.41, 5.74) is 0.611. The fourth-order valence-corrected chi connectivity index (χ4v) is 1.57. The molecule has 2 rings (SSSR count). The summed E-state index contributed by atoms with van der Waals surface area (Å²) in [6.07, 6.45) is 0.700. The van der Waals surface area contributed by atoms with Gasteiger partial charge < -0.3 is 14.6 Å². The summed E-state index contributed by atoms with van der Waals surface area (Å²) in [6, 6.07) is 0. The highest BCUT2D eigenvalue weighted by molar-refractivity contribution is 5.88. The maximum Gasteiger partial charge on any atom is 0.244 e. The van der Waals surface area contributed by atoms with Gasteiger partial charge in [0.1, 0.15) is 5.69 Å². The Bertz CT molecular complexity index is 644.